The summed E-state index contributed by atoms with van der Waals surface area (Å²) < 4.78 is 28.5. The van der Waals surface area contributed by atoms with Crippen molar-refractivity contribution in [1.29, 1.82) is 0 Å². The van der Waals surface area contributed by atoms with Crippen molar-refractivity contribution in [3.05, 3.63) is 28.7 Å². The minimum Gasteiger partial charge on any atom is -0.340 e. The van der Waals surface area contributed by atoms with Crippen LogP contribution in [-0.2, 0) is 14.8 Å². The molecule has 0 radical (unpaired) electrons. The van der Waals surface area contributed by atoms with Gasteiger partial charge in [-0.1, -0.05) is 29.8 Å². The van der Waals surface area contributed by atoms with E-state index in [-0.39, 0.29) is 22.8 Å². The van der Waals surface area contributed by atoms with E-state index in [4.69, 9.17) is 5.73 Å². The number of piperidine rings is 1. The molecule has 2 atom stereocenters. The molecule has 2 rings (SSSR count). The van der Waals surface area contributed by atoms with E-state index in [9.17, 15) is 13.2 Å². The van der Waals surface area contributed by atoms with E-state index < -0.39 is 16.1 Å². The second kappa shape index (κ2) is 7.95. The van der Waals surface area contributed by atoms with Gasteiger partial charge in [-0.05, 0) is 43.0 Å². The molecule has 1 aliphatic rings. The lowest BCUT2D eigenvalue weighted by atomic mass is 10.0. The fraction of sp³-hybridized carbons (Fsp3) is 0.562. The molecule has 1 fully saturated rings. The highest BCUT2D eigenvalue weighted by atomic mass is 79.9. The van der Waals surface area contributed by atoms with Crippen molar-refractivity contribution in [2.75, 3.05) is 13.1 Å². The molecule has 0 aliphatic carbocycles. The summed E-state index contributed by atoms with van der Waals surface area (Å²) in [6.07, 6.45) is 1.73. The maximum atomic E-state index is 12.8. The van der Waals surface area contributed by atoms with Crippen LogP contribution in [0.15, 0.2) is 33.6 Å². The van der Waals surface area contributed by atoms with E-state index in [0.717, 1.165) is 17.3 Å². The molecule has 1 aliphatic heterocycles. The van der Waals surface area contributed by atoms with Crippen molar-refractivity contribution in [3.63, 3.8) is 0 Å². The van der Waals surface area contributed by atoms with Gasteiger partial charge in [-0.25, -0.2) is 8.42 Å². The molecular weight excluding hydrogens is 394 g/mol. The van der Waals surface area contributed by atoms with Crippen molar-refractivity contribution in [3.8, 4) is 0 Å². The Labute approximate surface area is 152 Å². The fourth-order valence-electron chi connectivity index (χ4n) is 2.73. The molecular formula is C16H24BrN3O3S. The van der Waals surface area contributed by atoms with Crippen LogP contribution in [0.5, 0.6) is 0 Å². The Morgan fingerprint density at radius 2 is 1.96 bits per heavy atom. The second-order valence-corrected chi connectivity index (χ2v) is 9.11. The Balaban J connectivity index is 2.18. The van der Waals surface area contributed by atoms with Crippen molar-refractivity contribution in [1.82, 2.24) is 9.62 Å². The highest BCUT2D eigenvalue weighted by Gasteiger charge is 2.33. The fourth-order valence-corrected chi connectivity index (χ4v) is 4.33. The molecule has 1 heterocycles. The number of nitrogens with two attached hydrogens (primary N) is 1. The number of carbonyl (C=O) groups excluding carboxylic acids is 1. The van der Waals surface area contributed by atoms with E-state index in [1.165, 1.54) is 12.1 Å². The molecule has 134 valence electrons. The minimum absolute atomic E-state index is 0.0430. The van der Waals surface area contributed by atoms with Gasteiger partial charge < -0.3 is 10.6 Å². The molecule has 0 unspecified atom stereocenters. The van der Waals surface area contributed by atoms with E-state index in [2.05, 4.69) is 20.7 Å². The van der Waals surface area contributed by atoms with Crippen LogP contribution < -0.4 is 10.5 Å². The van der Waals surface area contributed by atoms with Crippen LogP contribution in [0.25, 0.3) is 0 Å². The Morgan fingerprint density at radius 1 is 1.33 bits per heavy atom. The van der Waals surface area contributed by atoms with E-state index in [1.807, 2.05) is 13.8 Å². The van der Waals surface area contributed by atoms with Crippen LogP contribution in [0.1, 0.15) is 26.7 Å². The molecule has 1 amide bonds. The van der Waals surface area contributed by atoms with Crippen LogP contribution in [0.3, 0.4) is 0 Å². The predicted octanol–water partition coefficient (Wildman–Crippen LogP) is 1.70. The number of benzene rings is 1. The summed E-state index contributed by atoms with van der Waals surface area (Å²) in [6.45, 7) is 4.75. The van der Waals surface area contributed by atoms with Gasteiger partial charge in [0.05, 0.1) is 4.90 Å². The number of likely N-dealkylation sites (tertiary alicyclic amines) is 1. The first-order valence-corrected chi connectivity index (χ1v) is 10.3. The molecule has 3 N–H and O–H groups in total. The van der Waals surface area contributed by atoms with E-state index in [1.54, 1.807) is 17.0 Å². The second-order valence-electron chi connectivity index (χ2n) is 6.48. The van der Waals surface area contributed by atoms with Gasteiger partial charge in [0, 0.05) is 23.6 Å². The van der Waals surface area contributed by atoms with Gasteiger partial charge in [0.1, 0.15) is 6.04 Å². The summed E-state index contributed by atoms with van der Waals surface area (Å²) in [5.41, 5.74) is 5.93. The Bertz CT molecular complexity index is 676. The number of hydrogen-bond acceptors (Lipinski definition) is 4. The summed E-state index contributed by atoms with van der Waals surface area (Å²) in [5.74, 6) is -0.373. The first-order chi connectivity index (χ1) is 11.2. The molecule has 8 heteroatoms. The van der Waals surface area contributed by atoms with Gasteiger partial charge in [-0.3, -0.25) is 4.79 Å². The maximum Gasteiger partial charge on any atom is 0.241 e. The Kier molecular flexibility index (Phi) is 6.41. The third kappa shape index (κ3) is 4.78. The number of rotatable bonds is 5. The monoisotopic (exact) mass is 417 g/mol. The molecule has 0 spiro atoms. The van der Waals surface area contributed by atoms with Crippen molar-refractivity contribution >= 4 is 31.9 Å². The van der Waals surface area contributed by atoms with Gasteiger partial charge in [0.2, 0.25) is 15.9 Å². The number of nitrogens with one attached hydrogen (secondary N) is 1. The third-order valence-corrected chi connectivity index (χ3v) is 6.09. The molecule has 1 aromatic carbocycles. The predicted molar refractivity (Wildman–Crippen MR) is 96.9 cm³/mol. The van der Waals surface area contributed by atoms with E-state index >= 15 is 0 Å². The molecule has 0 bridgehead atoms. The SMILES string of the molecule is CC(C)[C@@H](NS(=O)(=O)c1ccc(Br)cc1)C(=O)N1CCC[C@@H](N)C1. The van der Waals surface area contributed by atoms with Gasteiger partial charge in [-0.15, -0.1) is 0 Å². The first-order valence-electron chi connectivity index (χ1n) is 8.03. The standard InChI is InChI=1S/C16H24BrN3O3S/c1-11(2)15(16(21)20-9-3-4-13(18)10-20)19-24(22,23)14-7-5-12(17)6-8-14/h5-8,11,13,15,19H,3-4,9-10,18H2,1-2H3/t13-,15-/m1/s1. The highest BCUT2D eigenvalue weighted by molar-refractivity contribution is 9.10. The zero-order valence-corrected chi connectivity index (χ0v) is 16.3. The quantitative estimate of drug-likeness (QED) is 0.762. The van der Waals surface area contributed by atoms with Crippen molar-refractivity contribution < 1.29 is 13.2 Å². The van der Waals surface area contributed by atoms with Gasteiger partial charge in [-0.2, -0.15) is 4.72 Å². The van der Waals surface area contributed by atoms with Gasteiger partial charge in [0.25, 0.3) is 0 Å². The van der Waals surface area contributed by atoms with Crippen LogP contribution >= 0.6 is 15.9 Å². The van der Waals surface area contributed by atoms with Crippen LogP contribution in [-0.4, -0.2) is 44.4 Å². The van der Waals surface area contributed by atoms with Crippen LogP contribution in [0.4, 0.5) is 0 Å². The largest absolute Gasteiger partial charge is 0.340 e. The van der Waals surface area contributed by atoms with Crippen LogP contribution in [0, 0.1) is 5.92 Å². The molecule has 24 heavy (non-hydrogen) atoms. The number of nitrogens with zero attached hydrogens (tertiary/aromatic N) is 1. The topological polar surface area (TPSA) is 92.5 Å². The minimum atomic E-state index is -3.77. The van der Waals surface area contributed by atoms with Gasteiger partial charge >= 0.3 is 0 Å². The number of hydrogen-bond donors (Lipinski definition) is 2. The summed E-state index contributed by atoms with van der Waals surface area (Å²) in [5, 5.41) is 0. The molecule has 6 nitrogen and oxygen atoms in total. The molecule has 1 saturated heterocycles. The summed E-state index contributed by atoms with van der Waals surface area (Å²) in [4.78, 5) is 14.6. The number of carbonyl (C=O) groups is 1. The lowest BCUT2D eigenvalue weighted by Crippen LogP contribution is -2.55. The zero-order valence-electron chi connectivity index (χ0n) is 13.9. The molecule has 0 aromatic heterocycles. The van der Waals surface area contributed by atoms with Crippen LogP contribution in [0.2, 0.25) is 0 Å². The number of amides is 1. The average Bonchev–Trinajstić information content (AvgIpc) is 2.52. The highest BCUT2D eigenvalue weighted by Crippen LogP contribution is 2.18. The summed E-state index contributed by atoms with van der Waals surface area (Å²) in [6, 6.07) is 5.48. The maximum absolute atomic E-state index is 12.8. The van der Waals surface area contributed by atoms with Crippen molar-refractivity contribution in [2.45, 2.75) is 43.7 Å². The Morgan fingerprint density at radius 3 is 2.50 bits per heavy atom. The lowest BCUT2D eigenvalue weighted by molar-refractivity contribution is -0.135. The van der Waals surface area contributed by atoms with E-state index in [0.29, 0.717) is 13.1 Å². The summed E-state index contributed by atoms with van der Waals surface area (Å²) >= 11 is 3.28. The van der Waals surface area contributed by atoms with Gasteiger partial charge in [0.15, 0.2) is 0 Å². The Hall–Kier alpha value is -0.960. The lowest BCUT2D eigenvalue weighted by Gasteiger charge is -2.34. The first kappa shape index (κ1) is 19.4. The molecule has 0 saturated carbocycles. The third-order valence-electron chi connectivity index (χ3n) is 4.11. The average molecular weight is 418 g/mol. The number of sulfonamides is 1. The number of halogens is 1. The molecule has 1 aromatic rings. The summed E-state index contributed by atoms with van der Waals surface area (Å²) in [7, 11) is -3.77. The van der Waals surface area contributed by atoms with Crippen molar-refractivity contribution in [2.24, 2.45) is 11.7 Å². The zero-order chi connectivity index (χ0) is 17.9. The smallest absolute Gasteiger partial charge is 0.241 e. The normalized spacial score (nSPS) is 20.2.